The molecule has 8 nitrogen and oxygen atoms in total. The van der Waals surface area contributed by atoms with Gasteiger partial charge in [-0.3, -0.25) is 9.89 Å². The molecule has 0 aromatic carbocycles. The standard InChI is InChI=1S/C21H43N5O3.HI/c1-7-22-19(23-9-8-10-24-20(27)29-21(4,5)6)25-16-18(15-17(2)3)26-11-13-28-14-12-26;/h17-18H,7-16H2,1-6H3,(H,24,27)(H2,22,23,25);1H. The second kappa shape index (κ2) is 15.9. The summed E-state index contributed by atoms with van der Waals surface area (Å²) >= 11 is 0. The number of carbonyl (C=O) groups excluding carboxylic acids is 1. The van der Waals surface area contributed by atoms with Gasteiger partial charge >= 0.3 is 6.09 Å². The first-order valence-corrected chi connectivity index (χ1v) is 11.0. The van der Waals surface area contributed by atoms with Crippen molar-refractivity contribution in [3.05, 3.63) is 0 Å². The van der Waals surface area contributed by atoms with Crippen LogP contribution in [-0.4, -0.2) is 81.1 Å². The molecule has 9 heteroatoms. The van der Waals surface area contributed by atoms with E-state index in [2.05, 4.69) is 41.6 Å². The molecule has 1 aliphatic heterocycles. The third-order valence-corrected chi connectivity index (χ3v) is 4.42. The number of hydrogen-bond donors (Lipinski definition) is 3. The molecule has 0 bridgehead atoms. The summed E-state index contributed by atoms with van der Waals surface area (Å²) in [5.41, 5.74) is -0.472. The zero-order valence-corrected chi connectivity index (χ0v) is 22.1. The average Bonchev–Trinajstić information content (AvgIpc) is 2.63. The fourth-order valence-electron chi connectivity index (χ4n) is 3.16. The first-order chi connectivity index (χ1) is 13.7. The van der Waals surface area contributed by atoms with Crippen molar-refractivity contribution in [2.24, 2.45) is 10.9 Å². The minimum atomic E-state index is -0.472. The van der Waals surface area contributed by atoms with Gasteiger partial charge in [0, 0.05) is 38.8 Å². The Morgan fingerprint density at radius 2 is 1.77 bits per heavy atom. The number of guanidine groups is 1. The van der Waals surface area contributed by atoms with Crippen molar-refractivity contribution < 1.29 is 14.3 Å². The van der Waals surface area contributed by atoms with Crippen LogP contribution in [-0.2, 0) is 9.47 Å². The molecule has 0 aromatic rings. The largest absolute Gasteiger partial charge is 0.444 e. The highest BCUT2D eigenvalue weighted by molar-refractivity contribution is 14.0. The van der Waals surface area contributed by atoms with Gasteiger partial charge in [-0.1, -0.05) is 13.8 Å². The molecule has 0 aromatic heterocycles. The number of morpholine rings is 1. The lowest BCUT2D eigenvalue weighted by Crippen LogP contribution is -2.46. The zero-order valence-electron chi connectivity index (χ0n) is 19.8. The third kappa shape index (κ3) is 14.2. The maximum absolute atomic E-state index is 11.7. The maximum atomic E-state index is 11.7. The Morgan fingerprint density at radius 1 is 1.13 bits per heavy atom. The molecule has 1 atom stereocenters. The number of alkyl carbamates (subject to hydrolysis) is 1. The Hall–Kier alpha value is -0.810. The van der Waals surface area contributed by atoms with E-state index in [1.807, 2.05) is 20.8 Å². The number of carbonyl (C=O) groups is 1. The highest BCUT2D eigenvalue weighted by Gasteiger charge is 2.22. The van der Waals surface area contributed by atoms with Crippen molar-refractivity contribution in [1.82, 2.24) is 20.9 Å². The molecular weight excluding hydrogens is 497 g/mol. The van der Waals surface area contributed by atoms with Crippen molar-refractivity contribution in [3.63, 3.8) is 0 Å². The van der Waals surface area contributed by atoms with E-state index in [1.165, 1.54) is 0 Å². The Labute approximate surface area is 200 Å². The van der Waals surface area contributed by atoms with E-state index >= 15 is 0 Å². The van der Waals surface area contributed by atoms with Gasteiger partial charge in [0.15, 0.2) is 5.96 Å². The second-order valence-electron chi connectivity index (χ2n) is 8.86. The van der Waals surface area contributed by atoms with E-state index in [-0.39, 0.29) is 30.1 Å². The highest BCUT2D eigenvalue weighted by Crippen LogP contribution is 2.14. The molecular formula is C21H44IN5O3. The van der Waals surface area contributed by atoms with Crippen molar-refractivity contribution in [2.75, 3.05) is 52.5 Å². The molecule has 1 rings (SSSR count). The van der Waals surface area contributed by atoms with Crippen LogP contribution in [0.25, 0.3) is 0 Å². The Balaban J connectivity index is 0.00000841. The maximum Gasteiger partial charge on any atom is 0.407 e. The van der Waals surface area contributed by atoms with Gasteiger partial charge < -0.3 is 25.4 Å². The second-order valence-corrected chi connectivity index (χ2v) is 8.86. The predicted molar refractivity (Wildman–Crippen MR) is 134 cm³/mol. The van der Waals surface area contributed by atoms with Crippen LogP contribution in [0.1, 0.15) is 54.4 Å². The van der Waals surface area contributed by atoms with Crippen molar-refractivity contribution >= 4 is 36.0 Å². The van der Waals surface area contributed by atoms with E-state index in [1.54, 1.807) is 0 Å². The lowest BCUT2D eigenvalue weighted by molar-refractivity contribution is 0.0143. The van der Waals surface area contributed by atoms with Crippen LogP contribution < -0.4 is 16.0 Å². The van der Waals surface area contributed by atoms with Crippen LogP contribution >= 0.6 is 24.0 Å². The van der Waals surface area contributed by atoms with Crippen LogP contribution in [0.15, 0.2) is 4.99 Å². The molecule has 30 heavy (non-hydrogen) atoms. The van der Waals surface area contributed by atoms with E-state index in [0.717, 1.165) is 64.7 Å². The minimum Gasteiger partial charge on any atom is -0.444 e. The number of nitrogens with zero attached hydrogens (tertiary/aromatic N) is 2. The first kappa shape index (κ1) is 29.2. The summed E-state index contributed by atoms with van der Waals surface area (Å²) in [6.45, 7) is 18.6. The Bertz CT molecular complexity index is 492. The first-order valence-electron chi connectivity index (χ1n) is 11.0. The van der Waals surface area contributed by atoms with Crippen LogP contribution in [0.2, 0.25) is 0 Å². The Morgan fingerprint density at radius 3 is 2.33 bits per heavy atom. The van der Waals surface area contributed by atoms with Crippen LogP contribution in [0.3, 0.4) is 0 Å². The summed E-state index contributed by atoms with van der Waals surface area (Å²) in [6.07, 6.45) is 1.55. The topological polar surface area (TPSA) is 87.2 Å². The SMILES string of the molecule is CCNC(=NCC(CC(C)C)N1CCOCC1)NCCCNC(=O)OC(C)(C)C.I. The van der Waals surface area contributed by atoms with Crippen LogP contribution in [0, 0.1) is 5.92 Å². The summed E-state index contributed by atoms with van der Waals surface area (Å²) in [4.78, 5) is 19.0. The third-order valence-electron chi connectivity index (χ3n) is 4.42. The van der Waals surface area contributed by atoms with Gasteiger partial charge in [0.05, 0.1) is 19.8 Å². The number of hydrogen-bond acceptors (Lipinski definition) is 5. The normalized spacial score (nSPS) is 16.6. The van der Waals surface area contributed by atoms with Gasteiger partial charge in [-0.05, 0) is 46.5 Å². The summed E-state index contributed by atoms with van der Waals surface area (Å²) in [7, 11) is 0. The number of nitrogens with one attached hydrogen (secondary N) is 3. The van der Waals surface area contributed by atoms with Crippen LogP contribution in [0.4, 0.5) is 4.79 Å². The molecule has 1 unspecified atom stereocenters. The predicted octanol–water partition coefficient (Wildman–Crippen LogP) is 2.82. The molecule has 178 valence electrons. The van der Waals surface area contributed by atoms with Crippen molar-refractivity contribution in [2.45, 2.75) is 66.0 Å². The molecule has 1 fully saturated rings. The molecule has 0 radical (unpaired) electrons. The molecule has 3 N–H and O–H groups in total. The van der Waals surface area contributed by atoms with Crippen molar-refractivity contribution in [1.29, 1.82) is 0 Å². The molecule has 0 aliphatic carbocycles. The monoisotopic (exact) mass is 541 g/mol. The van der Waals surface area contributed by atoms with E-state index < -0.39 is 5.60 Å². The van der Waals surface area contributed by atoms with E-state index in [0.29, 0.717) is 18.5 Å². The van der Waals surface area contributed by atoms with E-state index in [9.17, 15) is 4.79 Å². The fraction of sp³-hybridized carbons (Fsp3) is 0.905. The number of ether oxygens (including phenoxy) is 2. The lowest BCUT2D eigenvalue weighted by atomic mass is 10.0. The van der Waals surface area contributed by atoms with Gasteiger partial charge in [0.1, 0.15) is 5.60 Å². The summed E-state index contributed by atoms with van der Waals surface area (Å²) in [5, 5.41) is 9.45. The lowest BCUT2D eigenvalue weighted by Gasteiger charge is -2.34. The van der Waals surface area contributed by atoms with Gasteiger partial charge in [-0.15, -0.1) is 24.0 Å². The molecule has 1 amide bonds. The molecule has 0 spiro atoms. The number of aliphatic imine (C=N–C) groups is 1. The minimum absolute atomic E-state index is 0. The zero-order chi connectivity index (χ0) is 21.7. The van der Waals surface area contributed by atoms with Gasteiger partial charge in [0.2, 0.25) is 0 Å². The van der Waals surface area contributed by atoms with Gasteiger partial charge in [-0.2, -0.15) is 0 Å². The average molecular weight is 542 g/mol. The fourth-order valence-corrected chi connectivity index (χ4v) is 3.16. The number of halogens is 1. The molecule has 1 heterocycles. The molecule has 0 saturated carbocycles. The van der Waals surface area contributed by atoms with Gasteiger partial charge in [-0.25, -0.2) is 4.79 Å². The Kier molecular flexibility index (Phi) is 15.5. The quantitative estimate of drug-likeness (QED) is 0.171. The van der Waals surface area contributed by atoms with E-state index in [4.69, 9.17) is 14.5 Å². The molecule has 1 aliphatic rings. The number of rotatable bonds is 10. The highest BCUT2D eigenvalue weighted by atomic mass is 127. The van der Waals surface area contributed by atoms with Gasteiger partial charge in [0.25, 0.3) is 0 Å². The summed E-state index contributed by atoms with van der Waals surface area (Å²) < 4.78 is 10.7. The van der Waals surface area contributed by atoms with Crippen LogP contribution in [0.5, 0.6) is 0 Å². The number of amides is 1. The molecule has 1 saturated heterocycles. The smallest absolute Gasteiger partial charge is 0.407 e. The van der Waals surface area contributed by atoms with Crippen molar-refractivity contribution in [3.8, 4) is 0 Å². The summed E-state index contributed by atoms with van der Waals surface area (Å²) in [6, 6.07) is 0.434. The summed E-state index contributed by atoms with van der Waals surface area (Å²) in [5.74, 6) is 1.46.